The largest absolute Gasteiger partial charge is 0.494 e. The molecule has 2 aromatic rings. The van der Waals surface area contributed by atoms with Gasteiger partial charge in [-0.25, -0.2) is 13.2 Å². The highest BCUT2D eigenvalue weighted by Gasteiger charge is 2.25. The summed E-state index contributed by atoms with van der Waals surface area (Å²) < 4.78 is 38.0. The highest BCUT2D eigenvalue weighted by atomic mass is 32.2. The molecule has 0 saturated heterocycles. The fourth-order valence-corrected chi connectivity index (χ4v) is 4.22. The molecule has 0 fully saturated rings. The minimum Gasteiger partial charge on any atom is -0.494 e. The molecule has 0 unspecified atom stereocenters. The van der Waals surface area contributed by atoms with Gasteiger partial charge in [-0.1, -0.05) is 6.07 Å². The molecule has 0 saturated carbocycles. The number of carbonyl (C=O) groups is 1. The second-order valence-corrected chi connectivity index (χ2v) is 7.66. The van der Waals surface area contributed by atoms with E-state index in [1.807, 2.05) is 6.92 Å². The van der Waals surface area contributed by atoms with Gasteiger partial charge in [-0.15, -0.1) is 0 Å². The first-order valence-electron chi connectivity index (χ1n) is 8.88. The van der Waals surface area contributed by atoms with E-state index >= 15 is 0 Å². The maximum absolute atomic E-state index is 13.2. The van der Waals surface area contributed by atoms with Crippen molar-refractivity contribution in [2.45, 2.75) is 32.6 Å². The fourth-order valence-electron chi connectivity index (χ4n) is 2.69. The van der Waals surface area contributed by atoms with Crippen molar-refractivity contribution in [3.05, 3.63) is 53.6 Å². The van der Waals surface area contributed by atoms with Gasteiger partial charge in [-0.3, -0.25) is 4.31 Å². The van der Waals surface area contributed by atoms with Gasteiger partial charge < -0.3 is 9.47 Å². The van der Waals surface area contributed by atoms with Crippen LogP contribution < -0.4 is 9.04 Å². The number of esters is 1. The Bertz CT molecular complexity index is 891. The molecular weight excluding hydrogens is 366 g/mol. The van der Waals surface area contributed by atoms with E-state index in [0.717, 1.165) is 5.56 Å². The third kappa shape index (κ3) is 4.60. The molecule has 2 aromatic carbocycles. The molecule has 146 valence electrons. The predicted molar refractivity (Wildman–Crippen MR) is 105 cm³/mol. The molecule has 6 nitrogen and oxygen atoms in total. The molecule has 0 aliphatic rings. The van der Waals surface area contributed by atoms with Gasteiger partial charge in [0.15, 0.2) is 0 Å². The Labute approximate surface area is 160 Å². The van der Waals surface area contributed by atoms with Gasteiger partial charge in [0.1, 0.15) is 5.75 Å². The number of aryl methyl sites for hydroxylation is 1. The van der Waals surface area contributed by atoms with Crippen LogP contribution in [0.15, 0.2) is 47.4 Å². The number of hydrogen-bond acceptors (Lipinski definition) is 5. The zero-order chi connectivity index (χ0) is 20.0. The van der Waals surface area contributed by atoms with Gasteiger partial charge in [-0.2, -0.15) is 0 Å². The first-order chi connectivity index (χ1) is 12.8. The number of carbonyl (C=O) groups excluding carboxylic acids is 1. The lowest BCUT2D eigenvalue weighted by Crippen LogP contribution is -2.31. The van der Waals surface area contributed by atoms with Crippen molar-refractivity contribution < 1.29 is 22.7 Å². The molecule has 0 aromatic heterocycles. The molecule has 0 aliphatic heterocycles. The number of ether oxygens (including phenoxy) is 2. The van der Waals surface area contributed by atoms with E-state index in [0.29, 0.717) is 23.6 Å². The van der Waals surface area contributed by atoms with Gasteiger partial charge in [0.25, 0.3) is 10.0 Å². The van der Waals surface area contributed by atoms with Gasteiger partial charge in [0.05, 0.1) is 29.4 Å². The van der Waals surface area contributed by atoms with Crippen molar-refractivity contribution in [3.63, 3.8) is 0 Å². The van der Waals surface area contributed by atoms with Gasteiger partial charge in [0, 0.05) is 6.54 Å². The summed E-state index contributed by atoms with van der Waals surface area (Å²) in [5.74, 6) is 0.133. The van der Waals surface area contributed by atoms with E-state index in [9.17, 15) is 13.2 Å². The molecule has 2 rings (SSSR count). The Morgan fingerprint density at radius 3 is 2.22 bits per heavy atom. The lowest BCUT2D eigenvalue weighted by atomic mass is 10.1. The Morgan fingerprint density at radius 2 is 1.67 bits per heavy atom. The third-order valence-electron chi connectivity index (χ3n) is 4.00. The molecule has 0 atom stereocenters. The van der Waals surface area contributed by atoms with E-state index in [1.54, 1.807) is 51.1 Å². The van der Waals surface area contributed by atoms with Crippen molar-refractivity contribution >= 4 is 21.7 Å². The molecule has 0 N–H and O–H groups in total. The fraction of sp³-hybridized carbons (Fsp3) is 0.350. The number of anilines is 1. The van der Waals surface area contributed by atoms with Crippen molar-refractivity contribution in [1.29, 1.82) is 0 Å². The third-order valence-corrected chi connectivity index (χ3v) is 5.90. The van der Waals surface area contributed by atoms with Gasteiger partial charge in [-0.05, 0) is 69.7 Å². The average Bonchev–Trinajstić information content (AvgIpc) is 2.64. The minimum atomic E-state index is -3.79. The van der Waals surface area contributed by atoms with Crippen LogP contribution in [0.2, 0.25) is 0 Å². The molecule has 0 amide bonds. The smallest absolute Gasteiger partial charge is 0.338 e. The molecule has 0 spiro atoms. The quantitative estimate of drug-likeness (QED) is 0.640. The van der Waals surface area contributed by atoms with Crippen molar-refractivity contribution in [2.24, 2.45) is 0 Å². The lowest BCUT2D eigenvalue weighted by molar-refractivity contribution is 0.0526. The zero-order valence-electron chi connectivity index (χ0n) is 16.1. The number of rotatable bonds is 8. The average molecular weight is 391 g/mol. The highest BCUT2D eigenvalue weighted by molar-refractivity contribution is 7.92. The highest BCUT2D eigenvalue weighted by Crippen LogP contribution is 2.29. The number of hydrogen-bond donors (Lipinski definition) is 0. The van der Waals surface area contributed by atoms with E-state index < -0.39 is 16.0 Å². The first kappa shape index (κ1) is 20.8. The van der Waals surface area contributed by atoms with E-state index in [4.69, 9.17) is 9.47 Å². The van der Waals surface area contributed by atoms with Crippen LogP contribution in [0.25, 0.3) is 0 Å². The second kappa shape index (κ2) is 8.90. The Morgan fingerprint density at radius 1 is 1.00 bits per heavy atom. The van der Waals surface area contributed by atoms with Gasteiger partial charge >= 0.3 is 5.97 Å². The van der Waals surface area contributed by atoms with Crippen LogP contribution in [0.5, 0.6) is 5.75 Å². The van der Waals surface area contributed by atoms with Crippen LogP contribution in [0, 0.1) is 6.92 Å². The number of sulfonamides is 1. The molecule has 7 heteroatoms. The van der Waals surface area contributed by atoms with Crippen molar-refractivity contribution in [1.82, 2.24) is 0 Å². The summed E-state index contributed by atoms with van der Waals surface area (Å²) in [7, 11) is -3.79. The molecule has 0 aliphatic carbocycles. The van der Waals surface area contributed by atoms with Crippen LogP contribution in [-0.2, 0) is 14.8 Å². The SMILES string of the molecule is CCOC(=O)c1ccc(C)c(N(CC)S(=O)(=O)c2ccc(OCC)cc2)c1. The van der Waals surface area contributed by atoms with Crippen LogP contribution in [0.1, 0.15) is 36.7 Å². The lowest BCUT2D eigenvalue weighted by Gasteiger charge is -2.25. The Hall–Kier alpha value is -2.54. The summed E-state index contributed by atoms with van der Waals surface area (Å²) in [6.07, 6.45) is 0. The predicted octanol–water partition coefficient (Wildman–Crippen LogP) is 3.79. The molecule has 0 radical (unpaired) electrons. The standard InChI is InChI=1S/C20H25NO5S/c1-5-21(19-14-16(9-8-15(19)4)20(22)26-7-3)27(23,24)18-12-10-17(11-13-18)25-6-2/h8-14H,5-7H2,1-4H3. The summed E-state index contributed by atoms with van der Waals surface area (Å²) in [6.45, 7) is 8.13. The van der Waals surface area contributed by atoms with Crippen LogP contribution >= 0.6 is 0 Å². The number of nitrogens with zero attached hydrogens (tertiary/aromatic N) is 1. The minimum absolute atomic E-state index is 0.161. The molecule has 0 bridgehead atoms. The first-order valence-corrected chi connectivity index (χ1v) is 10.3. The maximum atomic E-state index is 13.2. The summed E-state index contributed by atoms with van der Waals surface area (Å²) >= 11 is 0. The monoisotopic (exact) mass is 391 g/mol. The molecular formula is C20H25NO5S. The zero-order valence-corrected chi connectivity index (χ0v) is 16.9. The van der Waals surface area contributed by atoms with Crippen LogP contribution in [0.4, 0.5) is 5.69 Å². The summed E-state index contributed by atoms with van der Waals surface area (Å²) in [5.41, 5.74) is 1.52. The normalized spacial score (nSPS) is 11.1. The second-order valence-electron chi connectivity index (χ2n) is 5.80. The van der Waals surface area contributed by atoms with Crippen LogP contribution in [0.3, 0.4) is 0 Å². The van der Waals surface area contributed by atoms with Gasteiger partial charge in [0.2, 0.25) is 0 Å². The summed E-state index contributed by atoms with van der Waals surface area (Å²) in [6, 6.07) is 11.2. The number of benzene rings is 2. The van der Waals surface area contributed by atoms with E-state index in [-0.39, 0.29) is 18.0 Å². The summed E-state index contributed by atoms with van der Waals surface area (Å²) in [4.78, 5) is 12.2. The van der Waals surface area contributed by atoms with Crippen molar-refractivity contribution in [2.75, 3.05) is 24.1 Å². The Balaban J connectivity index is 2.45. The summed E-state index contributed by atoms with van der Waals surface area (Å²) in [5, 5.41) is 0. The van der Waals surface area contributed by atoms with E-state index in [1.165, 1.54) is 16.4 Å². The van der Waals surface area contributed by atoms with E-state index in [2.05, 4.69) is 0 Å². The van der Waals surface area contributed by atoms with Crippen molar-refractivity contribution in [3.8, 4) is 5.75 Å². The topological polar surface area (TPSA) is 72.9 Å². The Kier molecular flexibility index (Phi) is 6.85. The maximum Gasteiger partial charge on any atom is 0.338 e. The molecule has 0 heterocycles. The molecule has 27 heavy (non-hydrogen) atoms. The van der Waals surface area contributed by atoms with Crippen LogP contribution in [-0.4, -0.2) is 34.1 Å².